The van der Waals surface area contributed by atoms with Crippen LogP contribution in [0.25, 0.3) is 116 Å². The fourth-order valence-electron chi connectivity index (χ4n) is 10.7. The zero-order valence-corrected chi connectivity index (χ0v) is 36.8. The average molecular weight is 869 g/mol. The van der Waals surface area contributed by atoms with Crippen LogP contribution in [0.2, 0.25) is 0 Å². The standard InChI is InChI=1S/C64H40N2O2/c1-2-15-44-40-45(29-28-41(44)14-1)42-30-34-46(35-31-42)65(47-36-32-43(33-37-47)48-21-13-27-61-62(48)53-19-6-11-25-59(53)67-61)58-39-38-52(64-63(58)54-20-7-12-26-60(54)68-64)51-18-5-10-24-57(51)66-55-22-8-3-16-49(55)50-17-4-9-23-56(50)66/h1-40H. The summed E-state index contributed by atoms with van der Waals surface area (Å²) in [4.78, 5) is 2.38. The van der Waals surface area contributed by atoms with Gasteiger partial charge in [-0.1, -0.05) is 164 Å². The second kappa shape index (κ2) is 15.2. The van der Waals surface area contributed by atoms with Gasteiger partial charge in [0.05, 0.1) is 27.8 Å². The molecule has 318 valence electrons. The topological polar surface area (TPSA) is 34.5 Å². The monoisotopic (exact) mass is 868 g/mol. The first kappa shape index (κ1) is 38.2. The van der Waals surface area contributed by atoms with E-state index in [2.05, 4.69) is 240 Å². The molecule has 3 aromatic heterocycles. The summed E-state index contributed by atoms with van der Waals surface area (Å²) in [5.41, 5.74) is 16.7. The lowest BCUT2D eigenvalue weighted by atomic mass is 9.97. The molecule has 0 unspecified atom stereocenters. The number of rotatable bonds is 7. The minimum absolute atomic E-state index is 0.838. The Morgan fingerprint density at radius 2 is 0.868 bits per heavy atom. The van der Waals surface area contributed by atoms with Crippen LogP contribution in [0.15, 0.2) is 251 Å². The highest BCUT2D eigenvalue weighted by atomic mass is 16.3. The van der Waals surface area contributed by atoms with Gasteiger partial charge in [-0.2, -0.15) is 0 Å². The lowest BCUT2D eigenvalue weighted by Crippen LogP contribution is -2.10. The maximum atomic E-state index is 7.06. The molecule has 0 N–H and O–H groups in total. The Bertz CT molecular complexity index is 4210. The number of anilines is 3. The third-order valence-electron chi connectivity index (χ3n) is 13.8. The van der Waals surface area contributed by atoms with Crippen LogP contribution in [-0.2, 0) is 0 Å². The van der Waals surface area contributed by atoms with E-state index in [9.17, 15) is 0 Å². The van der Waals surface area contributed by atoms with E-state index < -0.39 is 0 Å². The summed E-state index contributed by atoms with van der Waals surface area (Å²) >= 11 is 0. The number of furan rings is 2. The van der Waals surface area contributed by atoms with Crippen LogP contribution >= 0.6 is 0 Å². The maximum Gasteiger partial charge on any atom is 0.145 e. The van der Waals surface area contributed by atoms with E-state index in [4.69, 9.17) is 8.83 Å². The molecule has 0 spiro atoms. The van der Waals surface area contributed by atoms with Gasteiger partial charge in [0.15, 0.2) is 0 Å². The van der Waals surface area contributed by atoms with Crippen molar-refractivity contribution < 1.29 is 8.83 Å². The molecule has 4 heteroatoms. The second-order valence-electron chi connectivity index (χ2n) is 17.6. The normalized spacial score (nSPS) is 11.8. The van der Waals surface area contributed by atoms with Crippen molar-refractivity contribution in [3.05, 3.63) is 243 Å². The zero-order chi connectivity index (χ0) is 44.7. The van der Waals surface area contributed by atoms with Crippen molar-refractivity contribution in [3.8, 4) is 39.1 Å². The van der Waals surface area contributed by atoms with Crippen LogP contribution in [0.5, 0.6) is 0 Å². The van der Waals surface area contributed by atoms with Crippen molar-refractivity contribution in [3.63, 3.8) is 0 Å². The number of aromatic nitrogens is 1. The quantitative estimate of drug-likeness (QED) is 0.160. The van der Waals surface area contributed by atoms with Crippen molar-refractivity contribution in [2.24, 2.45) is 0 Å². The maximum absolute atomic E-state index is 7.06. The average Bonchev–Trinajstić information content (AvgIpc) is 4.10. The number of hydrogen-bond acceptors (Lipinski definition) is 3. The fraction of sp³-hybridized carbons (Fsp3) is 0. The van der Waals surface area contributed by atoms with E-state index >= 15 is 0 Å². The molecular weight excluding hydrogens is 829 g/mol. The molecule has 0 bridgehead atoms. The highest BCUT2D eigenvalue weighted by Gasteiger charge is 2.25. The predicted molar refractivity (Wildman–Crippen MR) is 284 cm³/mol. The number of fused-ring (bicyclic) bond motifs is 10. The minimum atomic E-state index is 0.838. The van der Waals surface area contributed by atoms with E-state index in [0.29, 0.717) is 0 Å². The summed E-state index contributed by atoms with van der Waals surface area (Å²) < 4.78 is 15.8. The van der Waals surface area contributed by atoms with Crippen LogP contribution in [0.1, 0.15) is 0 Å². The van der Waals surface area contributed by atoms with Gasteiger partial charge in [0, 0.05) is 49.4 Å². The van der Waals surface area contributed by atoms with Gasteiger partial charge in [-0.3, -0.25) is 0 Å². The molecule has 0 atom stereocenters. The van der Waals surface area contributed by atoms with E-state index in [1.165, 1.54) is 27.1 Å². The van der Waals surface area contributed by atoms with Crippen molar-refractivity contribution in [2.45, 2.75) is 0 Å². The minimum Gasteiger partial charge on any atom is -0.456 e. The van der Waals surface area contributed by atoms with Crippen molar-refractivity contribution in [1.29, 1.82) is 0 Å². The molecule has 0 aliphatic carbocycles. The molecule has 0 amide bonds. The largest absolute Gasteiger partial charge is 0.456 e. The van der Waals surface area contributed by atoms with E-state index in [1.807, 2.05) is 12.1 Å². The highest BCUT2D eigenvalue weighted by Crippen LogP contribution is 2.48. The van der Waals surface area contributed by atoms with Gasteiger partial charge in [0.1, 0.15) is 22.3 Å². The first-order valence-electron chi connectivity index (χ1n) is 23.2. The summed E-state index contributed by atoms with van der Waals surface area (Å²) in [6.45, 7) is 0. The first-order chi connectivity index (χ1) is 33.7. The summed E-state index contributed by atoms with van der Waals surface area (Å²) in [6, 6.07) is 86.9. The molecule has 14 aromatic rings. The van der Waals surface area contributed by atoms with Crippen LogP contribution in [-0.4, -0.2) is 4.57 Å². The summed E-state index contributed by atoms with van der Waals surface area (Å²) in [5.74, 6) is 0. The molecule has 0 saturated heterocycles. The number of nitrogens with zero attached hydrogens (tertiary/aromatic N) is 2. The Hall–Kier alpha value is -9.12. The van der Waals surface area contributed by atoms with Crippen molar-refractivity contribution in [2.75, 3.05) is 4.90 Å². The predicted octanol–water partition coefficient (Wildman–Crippen LogP) is 18.2. The lowest BCUT2D eigenvalue weighted by Gasteiger charge is -2.27. The SMILES string of the molecule is c1ccc(-n2c3ccccc3c3ccccc32)c(-c2ccc(N(c3ccc(-c4ccc5ccccc5c4)cc3)c3ccc(-c4cccc5oc6ccccc6c45)cc3)c3c2oc2ccccc23)c1. The van der Waals surface area contributed by atoms with Crippen LogP contribution < -0.4 is 4.90 Å². The molecule has 0 radical (unpaired) electrons. The molecule has 0 fully saturated rings. The fourth-order valence-corrected chi connectivity index (χ4v) is 10.7. The molecular formula is C64H40N2O2. The number of benzene rings is 11. The van der Waals surface area contributed by atoms with Gasteiger partial charge in [0.25, 0.3) is 0 Å². The molecule has 0 aliphatic heterocycles. The third-order valence-corrected chi connectivity index (χ3v) is 13.8. The Morgan fingerprint density at radius 3 is 1.60 bits per heavy atom. The number of hydrogen-bond donors (Lipinski definition) is 0. The molecule has 0 aliphatic rings. The molecule has 11 aromatic carbocycles. The van der Waals surface area contributed by atoms with Crippen molar-refractivity contribution >= 4 is 93.5 Å². The Balaban J connectivity index is 0.972. The molecule has 3 heterocycles. The summed E-state index contributed by atoms with van der Waals surface area (Å²) in [7, 11) is 0. The number of para-hydroxylation sites is 5. The van der Waals surface area contributed by atoms with Gasteiger partial charge < -0.3 is 18.3 Å². The van der Waals surface area contributed by atoms with E-state index in [1.54, 1.807) is 0 Å². The van der Waals surface area contributed by atoms with Gasteiger partial charge in [-0.25, -0.2) is 0 Å². The van der Waals surface area contributed by atoms with Crippen LogP contribution in [0.4, 0.5) is 17.1 Å². The Morgan fingerprint density at radius 1 is 0.324 bits per heavy atom. The Labute approximate surface area is 391 Å². The summed E-state index contributed by atoms with van der Waals surface area (Å²) in [5, 5.41) is 9.26. The Kier molecular flexibility index (Phi) is 8.55. The van der Waals surface area contributed by atoms with Crippen LogP contribution in [0, 0.1) is 0 Å². The molecule has 14 rings (SSSR count). The third kappa shape index (κ3) is 5.94. The second-order valence-corrected chi connectivity index (χ2v) is 17.6. The summed E-state index contributed by atoms with van der Waals surface area (Å²) in [6.07, 6.45) is 0. The smallest absolute Gasteiger partial charge is 0.145 e. The van der Waals surface area contributed by atoms with Crippen molar-refractivity contribution in [1.82, 2.24) is 4.57 Å². The van der Waals surface area contributed by atoms with E-state index in [-0.39, 0.29) is 0 Å². The zero-order valence-electron chi connectivity index (χ0n) is 36.8. The van der Waals surface area contributed by atoms with Gasteiger partial charge in [-0.05, 0) is 112 Å². The van der Waals surface area contributed by atoms with Gasteiger partial charge >= 0.3 is 0 Å². The lowest BCUT2D eigenvalue weighted by molar-refractivity contribution is 0.669. The van der Waals surface area contributed by atoms with E-state index in [0.717, 1.165) is 105 Å². The first-order valence-corrected chi connectivity index (χ1v) is 23.2. The molecule has 68 heavy (non-hydrogen) atoms. The van der Waals surface area contributed by atoms with Crippen LogP contribution in [0.3, 0.4) is 0 Å². The molecule has 4 nitrogen and oxygen atoms in total. The van der Waals surface area contributed by atoms with Gasteiger partial charge in [-0.15, -0.1) is 0 Å². The highest BCUT2D eigenvalue weighted by molar-refractivity contribution is 6.18. The van der Waals surface area contributed by atoms with Gasteiger partial charge in [0.2, 0.25) is 0 Å². The molecule has 0 saturated carbocycles.